The maximum atomic E-state index is 12.0. The molecular weight excluding hydrogens is 356 g/mol. The van der Waals surface area contributed by atoms with Gasteiger partial charge in [-0.05, 0) is 54.8 Å². The monoisotopic (exact) mass is 382 g/mol. The molecule has 0 saturated carbocycles. The lowest BCUT2D eigenvalue weighted by molar-refractivity contribution is 0.181. The van der Waals surface area contributed by atoms with Crippen molar-refractivity contribution in [3.63, 3.8) is 0 Å². The summed E-state index contributed by atoms with van der Waals surface area (Å²) < 4.78 is 4.92. The molecule has 1 aliphatic heterocycles. The molecule has 7 nitrogen and oxygen atoms in total. The van der Waals surface area contributed by atoms with E-state index in [9.17, 15) is 9.59 Å². The highest BCUT2D eigenvalue weighted by molar-refractivity contribution is 5.91. The van der Waals surface area contributed by atoms with E-state index >= 15 is 0 Å². The summed E-state index contributed by atoms with van der Waals surface area (Å²) in [6.07, 6.45) is 1.44. The number of carbonyl (C=O) groups excluding carboxylic acids is 2. The van der Waals surface area contributed by atoms with E-state index in [1.54, 1.807) is 29.2 Å². The lowest BCUT2D eigenvalue weighted by Gasteiger charge is -2.14. The first-order valence-corrected chi connectivity index (χ1v) is 9.38. The largest absolute Gasteiger partial charge is 0.447 e. The van der Waals surface area contributed by atoms with Crippen LogP contribution in [0.3, 0.4) is 0 Å². The van der Waals surface area contributed by atoms with Crippen LogP contribution in [-0.2, 0) is 11.2 Å². The molecule has 0 unspecified atom stereocenters. The van der Waals surface area contributed by atoms with Gasteiger partial charge in [0.15, 0.2) is 0 Å². The van der Waals surface area contributed by atoms with Gasteiger partial charge in [-0.1, -0.05) is 12.1 Å². The van der Waals surface area contributed by atoms with Gasteiger partial charge in [0.25, 0.3) is 0 Å². The molecule has 3 rings (SSSR count). The second kappa shape index (κ2) is 9.12. The summed E-state index contributed by atoms with van der Waals surface area (Å²) in [6.45, 7) is 1.55. The summed E-state index contributed by atoms with van der Waals surface area (Å²) in [4.78, 5) is 27.2. The van der Waals surface area contributed by atoms with Crippen molar-refractivity contribution in [2.24, 2.45) is 0 Å². The number of hydrogen-bond donors (Lipinski definition) is 2. The number of urea groups is 1. The summed E-state index contributed by atoms with van der Waals surface area (Å²) in [5.41, 5.74) is 3.86. The van der Waals surface area contributed by atoms with Crippen LogP contribution in [0.5, 0.6) is 0 Å². The van der Waals surface area contributed by atoms with Gasteiger partial charge in [0.2, 0.25) is 0 Å². The minimum atomic E-state index is -0.338. The first kappa shape index (κ1) is 19.5. The fourth-order valence-electron chi connectivity index (χ4n) is 2.98. The van der Waals surface area contributed by atoms with Crippen LogP contribution in [0.15, 0.2) is 48.5 Å². The van der Waals surface area contributed by atoms with Crippen LogP contribution in [0.2, 0.25) is 0 Å². The van der Waals surface area contributed by atoms with E-state index in [0.29, 0.717) is 25.4 Å². The van der Waals surface area contributed by atoms with Crippen LogP contribution in [0.4, 0.5) is 26.7 Å². The zero-order valence-corrected chi connectivity index (χ0v) is 16.3. The van der Waals surface area contributed by atoms with Gasteiger partial charge in [-0.2, -0.15) is 0 Å². The highest BCUT2D eigenvalue weighted by Gasteiger charge is 2.23. The molecule has 2 aromatic carbocycles. The number of nitrogens with one attached hydrogen (secondary N) is 2. The standard InChI is InChI=1S/C21H26N4O3/c1-24(2)18-9-5-16(6-10-18)4-3-13-22-20(26)23-17-7-11-19(12-8-17)25-14-15-28-21(25)27/h5-12H,3-4,13-15H2,1-2H3,(H2,22,23,26). The van der Waals surface area contributed by atoms with Crippen LogP contribution in [-0.4, -0.2) is 45.9 Å². The van der Waals surface area contributed by atoms with Gasteiger partial charge in [-0.25, -0.2) is 9.59 Å². The molecule has 0 aliphatic carbocycles. The molecule has 148 valence electrons. The van der Waals surface area contributed by atoms with Crippen LogP contribution in [0, 0.1) is 0 Å². The number of hydrogen-bond acceptors (Lipinski definition) is 4. The Hall–Kier alpha value is -3.22. The molecule has 0 radical (unpaired) electrons. The topological polar surface area (TPSA) is 73.9 Å². The van der Waals surface area contributed by atoms with Crippen LogP contribution >= 0.6 is 0 Å². The molecule has 7 heteroatoms. The number of amides is 3. The highest BCUT2D eigenvalue weighted by Crippen LogP contribution is 2.21. The lowest BCUT2D eigenvalue weighted by atomic mass is 10.1. The van der Waals surface area contributed by atoms with Gasteiger partial charge < -0.3 is 20.3 Å². The molecule has 1 heterocycles. The van der Waals surface area contributed by atoms with Crippen molar-refractivity contribution < 1.29 is 14.3 Å². The quantitative estimate of drug-likeness (QED) is 0.719. The normalized spacial score (nSPS) is 13.2. The van der Waals surface area contributed by atoms with Crippen LogP contribution in [0.1, 0.15) is 12.0 Å². The molecule has 2 aromatic rings. The molecule has 1 saturated heterocycles. The van der Waals surface area contributed by atoms with E-state index in [1.165, 1.54) is 11.3 Å². The number of benzene rings is 2. The summed E-state index contributed by atoms with van der Waals surface area (Å²) in [6, 6.07) is 15.3. The summed E-state index contributed by atoms with van der Waals surface area (Å²) in [5, 5.41) is 5.66. The fraction of sp³-hybridized carbons (Fsp3) is 0.333. The van der Waals surface area contributed by atoms with Crippen LogP contribution in [0.25, 0.3) is 0 Å². The van der Waals surface area contributed by atoms with E-state index < -0.39 is 0 Å². The lowest BCUT2D eigenvalue weighted by Crippen LogP contribution is -2.29. The van der Waals surface area contributed by atoms with Crippen molar-refractivity contribution in [1.82, 2.24) is 5.32 Å². The average molecular weight is 382 g/mol. The molecule has 0 aromatic heterocycles. The Kier molecular flexibility index (Phi) is 6.37. The second-order valence-electron chi connectivity index (χ2n) is 6.86. The predicted octanol–water partition coefficient (Wildman–Crippen LogP) is 3.46. The SMILES string of the molecule is CN(C)c1ccc(CCCNC(=O)Nc2ccc(N3CCOC3=O)cc2)cc1. The predicted molar refractivity (Wildman–Crippen MR) is 111 cm³/mol. The number of nitrogens with zero attached hydrogens (tertiary/aromatic N) is 2. The third-order valence-corrected chi connectivity index (χ3v) is 4.58. The minimum Gasteiger partial charge on any atom is -0.447 e. The van der Waals surface area contributed by atoms with Crippen molar-refractivity contribution in [2.75, 3.05) is 48.9 Å². The van der Waals surface area contributed by atoms with Crippen molar-refractivity contribution >= 4 is 29.2 Å². The summed E-state index contributed by atoms with van der Waals surface area (Å²) in [5.74, 6) is 0. The van der Waals surface area contributed by atoms with Gasteiger partial charge in [0.05, 0.1) is 6.54 Å². The Balaban J connectivity index is 1.39. The molecule has 3 amide bonds. The molecule has 1 aliphatic rings. The first-order valence-electron chi connectivity index (χ1n) is 9.38. The fourth-order valence-corrected chi connectivity index (χ4v) is 2.98. The Labute approximate surface area is 165 Å². The Bertz CT molecular complexity index is 803. The third-order valence-electron chi connectivity index (χ3n) is 4.58. The summed E-state index contributed by atoms with van der Waals surface area (Å²) in [7, 11) is 4.04. The number of ether oxygens (including phenoxy) is 1. The van der Waals surface area contributed by atoms with Gasteiger partial charge in [-0.3, -0.25) is 4.90 Å². The Morgan fingerprint density at radius 1 is 1.11 bits per heavy atom. The molecule has 0 spiro atoms. The summed E-state index contributed by atoms with van der Waals surface area (Å²) >= 11 is 0. The smallest absolute Gasteiger partial charge is 0.414 e. The zero-order chi connectivity index (χ0) is 19.9. The molecule has 0 bridgehead atoms. The molecule has 28 heavy (non-hydrogen) atoms. The van der Waals surface area contributed by atoms with E-state index in [1.807, 2.05) is 14.1 Å². The molecule has 0 atom stereocenters. The molecule has 2 N–H and O–H groups in total. The van der Waals surface area contributed by atoms with E-state index in [-0.39, 0.29) is 12.1 Å². The number of anilines is 3. The number of cyclic esters (lactones) is 1. The van der Waals surface area contributed by atoms with Crippen molar-refractivity contribution in [2.45, 2.75) is 12.8 Å². The minimum absolute atomic E-state index is 0.240. The van der Waals surface area contributed by atoms with Crippen molar-refractivity contribution in [3.8, 4) is 0 Å². The Morgan fingerprint density at radius 3 is 2.43 bits per heavy atom. The number of carbonyl (C=O) groups is 2. The molecular formula is C21H26N4O3. The average Bonchev–Trinajstić information content (AvgIpc) is 3.12. The first-order chi connectivity index (χ1) is 13.5. The van der Waals surface area contributed by atoms with Crippen LogP contribution < -0.4 is 20.4 Å². The molecule has 1 fully saturated rings. The third kappa shape index (κ3) is 5.16. The van der Waals surface area contributed by atoms with Gasteiger partial charge in [-0.15, -0.1) is 0 Å². The second-order valence-corrected chi connectivity index (χ2v) is 6.86. The highest BCUT2D eigenvalue weighted by atomic mass is 16.6. The maximum Gasteiger partial charge on any atom is 0.414 e. The Morgan fingerprint density at radius 2 is 1.82 bits per heavy atom. The number of rotatable bonds is 7. The van der Waals surface area contributed by atoms with Crippen molar-refractivity contribution in [3.05, 3.63) is 54.1 Å². The van der Waals surface area contributed by atoms with Gasteiger partial charge >= 0.3 is 12.1 Å². The van der Waals surface area contributed by atoms with Gasteiger partial charge in [0, 0.05) is 37.7 Å². The van der Waals surface area contributed by atoms with E-state index in [4.69, 9.17) is 4.74 Å². The van der Waals surface area contributed by atoms with Gasteiger partial charge in [0.1, 0.15) is 6.61 Å². The maximum absolute atomic E-state index is 12.0. The van der Waals surface area contributed by atoms with E-state index in [2.05, 4.69) is 39.8 Å². The zero-order valence-electron chi connectivity index (χ0n) is 16.3. The van der Waals surface area contributed by atoms with Crippen molar-refractivity contribution in [1.29, 1.82) is 0 Å². The van der Waals surface area contributed by atoms with E-state index in [0.717, 1.165) is 18.5 Å². The number of aryl methyl sites for hydroxylation is 1.